The third-order valence-electron chi connectivity index (χ3n) is 5.62. The van der Waals surface area contributed by atoms with E-state index >= 15 is 0 Å². The van der Waals surface area contributed by atoms with Crippen LogP contribution < -0.4 is 10.5 Å². The molecule has 0 radical (unpaired) electrons. The molecule has 184 valence electrons. The highest BCUT2D eigenvalue weighted by atomic mass is 32.2. The highest BCUT2D eigenvalue weighted by Gasteiger charge is 2.25. The molecule has 2 aromatic rings. The van der Waals surface area contributed by atoms with Crippen LogP contribution >= 0.6 is 0 Å². The minimum Gasteiger partial charge on any atom is -0.454 e. The molecule has 7 nitrogen and oxygen atoms in total. The molecule has 2 aliphatic rings. The summed E-state index contributed by atoms with van der Waals surface area (Å²) in [6, 6.07) is 7.78. The summed E-state index contributed by atoms with van der Waals surface area (Å²) in [5.41, 5.74) is 8.89. The quantitative estimate of drug-likeness (QED) is 0.623. The number of aliphatic imine (C=N–C) groups is 1. The average Bonchev–Trinajstić information content (AvgIpc) is 2.80. The van der Waals surface area contributed by atoms with E-state index in [4.69, 9.17) is 15.6 Å². The minimum atomic E-state index is -3.31. The van der Waals surface area contributed by atoms with Crippen LogP contribution in [0.5, 0.6) is 11.5 Å². The maximum atomic E-state index is 14.3. The van der Waals surface area contributed by atoms with Crippen molar-refractivity contribution in [1.82, 2.24) is 5.01 Å². The Labute approximate surface area is 203 Å². The van der Waals surface area contributed by atoms with Crippen molar-refractivity contribution in [2.45, 2.75) is 32.4 Å². The highest BCUT2D eigenvalue weighted by molar-refractivity contribution is 7.90. The van der Waals surface area contributed by atoms with Crippen LogP contribution in [0.25, 0.3) is 0 Å². The van der Waals surface area contributed by atoms with Crippen LogP contribution in [-0.2, 0) is 15.6 Å². The lowest BCUT2D eigenvalue weighted by atomic mass is 10.0. The fraction of sp³-hybridized carbons (Fsp3) is 0.280. The Bertz CT molecular complexity index is 1380. The normalized spacial score (nSPS) is 16.3. The predicted molar refractivity (Wildman–Crippen MR) is 132 cm³/mol. The zero-order valence-corrected chi connectivity index (χ0v) is 20.3. The molecule has 0 aromatic heterocycles. The smallest absolute Gasteiger partial charge is 0.172 e. The summed E-state index contributed by atoms with van der Waals surface area (Å²) in [6.45, 7) is 4.09. The van der Waals surface area contributed by atoms with Gasteiger partial charge in [0.15, 0.2) is 27.2 Å². The first-order valence-corrected chi connectivity index (χ1v) is 13.0. The maximum absolute atomic E-state index is 14.3. The summed E-state index contributed by atoms with van der Waals surface area (Å²) < 4.78 is 58.0. The molecule has 2 heterocycles. The number of amidine groups is 1. The number of halogens is 2. The molecule has 10 heteroatoms. The second kappa shape index (κ2) is 9.99. The summed E-state index contributed by atoms with van der Waals surface area (Å²) in [7, 11) is -3.31. The Kier molecular flexibility index (Phi) is 7.02. The van der Waals surface area contributed by atoms with Gasteiger partial charge >= 0.3 is 0 Å². The number of benzene rings is 2. The van der Waals surface area contributed by atoms with E-state index in [1.807, 2.05) is 13.0 Å². The molecule has 4 rings (SSSR count). The van der Waals surface area contributed by atoms with Crippen molar-refractivity contribution in [3.63, 3.8) is 0 Å². The summed E-state index contributed by atoms with van der Waals surface area (Å²) in [6.07, 6.45) is 5.42. The second-order valence-electron chi connectivity index (χ2n) is 8.27. The average molecular weight is 501 g/mol. The summed E-state index contributed by atoms with van der Waals surface area (Å²) in [5.74, 6) is -1.22. The van der Waals surface area contributed by atoms with Crippen molar-refractivity contribution in [1.29, 1.82) is 0 Å². The van der Waals surface area contributed by atoms with Crippen molar-refractivity contribution in [3.8, 4) is 11.5 Å². The molecule has 0 atom stereocenters. The van der Waals surface area contributed by atoms with Crippen LogP contribution in [0.3, 0.4) is 0 Å². The van der Waals surface area contributed by atoms with Crippen molar-refractivity contribution in [2.75, 3.05) is 12.3 Å². The monoisotopic (exact) mass is 500 g/mol. The topological polar surface area (TPSA) is 97.4 Å². The largest absolute Gasteiger partial charge is 0.454 e. The van der Waals surface area contributed by atoms with Gasteiger partial charge in [-0.2, -0.15) is 5.10 Å². The Hall–Kier alpha value is -3.53. The van der Waals surface area contributed by atoms with E-state index in [9.17, 15) is 17.2 Å². The summed E-state index contributed by atoms with van der Waals surface area (Å²) in [4.78, 5) is 4.56. The number of hydrazone groups is 1. The van der Waals surface area contributed by atoms with Gasteiger partial charge in [0.1, 0.15) is 11.6 Å². The minimum absolute atomic E-state index is 0.00718. The molecule has 0 amide bonds. The highest BCUT2D eigenvalue weighted by Crippen LogP contribution is 2.32. The lowest BCUT2D eigenvalue weighted by molar-refractivity contribution is 0.436. The number of ether oxygens (including phenoxy) is 1. The molecule has 0 saturated heterocycles. The van der Waals surface area contributed by atoms with Crippen LogP contribution in [0.4, 0.5) is 8.78 Å². The van der Waals surface area contributed by atoms with E-state index in [1.54, 1.807) is 36.2 Å². The van der Waals surface area contributed by atoms with E-state index in [2.05, 4.69) is 4.99 Å². The van der Waals surface area contributed by atoms with Crippen molar-refractivity contribution < 1.29 is 21.9 Å². The van der Waals surface area contributed by atoms with Crippen LogP contribution in [0.1, 0.15) is 37.8 Å². The van der Waals surface area contributed by atoms with Crippen LogP contribution in [0.15, 0.2) is 70.0 Å². The van der Waals surface area contributed by atoms with Gasteiger partial charge in [0, 0.05) is 29.6 Å². The molecule has 35 heavy (non-hydrogen) atoms. The second-order valence-corrected chi connectivity index (χ2v) is 10.6. The molecule has 2 aromatic carbocycles. The first kappa shape index (κ1) is 24.6. The van der Waals surface area contributed by atoms with Gasteiger partial charge < -0.3 is 10.5 Å². The SMILES string of the molecule is CCS(=O)(=O)Cc1ccc(Oc2ccc(F)cc2F)c(C2=NN3C(C)=CCCCN=C3C(N)=C2)c1. The van der Waals surface area contributed by atoms with Gasteiger partial charge in [-0.3, -0.25) is 4.99 Å². The number of nitrogens with zero attached hydrogens (tertiary/aromatic N) is 3. The predicted octanol–water partition coefficient (Wildman–Crippen LogP) is 4.65. The Morgan fingerprint density at radius 2 is 1.91 bits per heavy atom. The molecular weight excluding hydrogens is 474 g/mol. The number of allylic oxidation sites excluding steroid dienone is 3. The molecular formula is C25H26F2N4O3S. The van der Waals surface area contributed by atoms with Crippen molar-refractivity contribution in [2.24, 2.45) is 15.8 Å². The lowest BCUT2D eigenvalue weighted by Crippen LogP contribution is -2.35. The van der Waals surface area contributed by atoms with E-state index in [0.717, 1.165) is 30.7 Å². The molecule has 0 spiro atoms. The van der Waals surface area contributed by atoms with E-state index < -0.39 is 21.5 Å². The van der Waals surface area contributed by atoms with Crippen molar-refractivity contribution >= 4 is 21.4 Å². The molecule has 0 saturated carbocycles. The van der Waals surface area contributed by atoms with Gasteiger partial charge in [0.2, 0.25) is 0 Å². The number of fused-ring (bicyclic) bond motifs is 1. The van der Waals surface area contributed by atoms with E-state index in [-0.39, 0.29) is 23.0 Å². The molecule has 2 aliphatic heterocycles. The number of hydrogen-bond donors (Lipinski definition) is 1. The lowest BCUT2D eigenvalue weighted by Gasteiger charge is -2.28. The number of sulfone groups is 1. The van der Waals surface area contributed by atoms with Gasteiger partial charge in [-0.25, -0.2) is 22.2 Å². The standard InChI is InChI=1S/C25H26F2N4O3S/c1-3-35(32,33)15-17-7-9-23(34-24-10-8-18(26)13-20(24)27)19(12-17)22-14-21(28)25-29-11-5-4-6-16(2)31(25)30-22/h6-10,12-14H,3-5,11,15,28H2,1-2H3. The van der Waals surface area contributed by atoms with Crippen LogP contribution in [0.2, 0.25) is 0 Å². The fourth-order valence-electron chi connectivity index (χ4n) is 3.72. The van der Waals surface area contributed by atoms with Crippen molar-refractivity contribution in [3.05, 3.63) is 82.7 Å². The maximum Gasteiger partial charge on any atom is 0.172 e. The van der Waals surface area contributed by atoms with Gasteiger partial charge in [0.05, 0.1) is 17.2 Å². The molecule has 0 unspecified atom stereocenters. The Balaban J connectivity index is 1.83. The number of nitrogens with two attached hydrogens (primary N) is 1. The molecule has 0 bridgehead atoms. The zero-order valence-electron chi connectivity index (χ0n) is 19.5. The van der Waals surface area contributed by atoms with E-state index in [1.165, 1.54) is 6.07 Å². The van der Waals surface area contributed by atoms with Gasteiger partial charge in [0.25, 0.3) is 0 Å². The van der Waals surface area contributed by atoms with Crippen LogP contribution in [0, 0.1) is 11.6 Å². The third kappa shape index (κ3) is 5.59. The van der Waals surface area contributed by atoms with Gasteiger partial charge in [-0.1, -0.05) is 19.1 Å². The zero-order chi connectivity index (χ0) is 25.2. The number of hydrogen-bond acceptors (Lipinski definition) is 7. The first-order valence-electron chi connectivity index (χ1n) is 11.2. The molecule has 2 N–H and O–H groups in total. The van der Waals surface area contributed by atoms with Gasteiger partial charge in [-0.05, 0) is 55.7 Å². The Morgan fingerprint density at radius 3 is 2.66 bits per heavy atom. The summed E-state index contributed by atoms with van der Waals surface area (Å²) >= 11 is 0. The van der Waals surface area contributed by atoms with Gasteiger partial charge in [-0.15, -0.1) is 0 Å². The Morgan fingerprint density at radius 1 is 1.14 bits per heavy atom. The number of rotatable bonds is 6. The molecule has 0 aliphatic carbocycles. The fourth-order valence-corrected chi connectivity index (χ4v) is 4.61. The third-order valence-corrected chi connectivity index (χ3v) is 7.27. The van der Waals surface area contributed by atoms with Crippen LogP contribution in [-0.4, -0.2) is 37.3 Å². The first-order chi connectivity index (χ1) is 16.7. The summed E-state index contributed by atoms with van der Waals surface area (Å²) in [5, 5.41) is 6.36. The van der Waals surface area contributed by atoms with E-state index in [0.29, 0.717) is 34.9 Å². The molecule has 0 fully saturated rings.